The average Bonchev–Trinajstić information content (AvgIpc) is 2.94. The maximum atomic E-state index is 11.8. The van der Waals surface area contributed by atoms with Crippen LogP contribution >= 0.6 is 16.5 Å². The quantitative estimate of drug-likeness (QED) is 0.0609. The zero-order chi connectivity index (χ0) is 30.4. The van der Waals surface area contributed by atoms with Crippen LogP contribution in [0.15, 0.2) is 0 Å². The largest absolute Gasteiger partial charge is 0.319 e. The molecule has 1 radical (unpaired) electrons. The molecule has 6 atom stereocenters. The summed E-state index contributed by atoms with van der Waals surface area (Å²) in [7, 11) is -4.62. The monoisotopic (exact) mass is 671 g/mol. The van der Waals surface area contributed by atoms with Crippen LogP contribution < -0.4 is 0 Å². The van der Waals surface area contributed by atoms with Crippen LogP contribution in [0.2, 0.25) is 0 Å². The first-order valence-electron chi connectivity index (χ1n) is 16.9. The standard InChI is InChI=1S/2C16H35O3P.Co/c2*1-5-8-10-11-12-15(4)19-20(17)18-14-16(7-3)13-9-6-2;/h2*15-16,20H,5-14H2,1-4H3;. The second-order valence-electron chi connectivity index (χ2n) is 11.5. The van der Waals surface area contributed by atoms with Crippen molar-refractivity contribution >= 4 is 16.5 Å². The van der Waals surface area contributed by atoms with E-state index in [2.05, 4.69) is 41.5 Å². The average molecular weight is 672 g/mol. The van der Waals surface area contributed by atoms with Crippen molar-refractivity contribution in [2.24, 2.45) is 11.8 Å². The summed E-state index contributed by atoms with van der Waals surface area (Å²) in [5, 5.41) is 0. The van der Waals surface area contributed by atoms with Crippen molar-refractivity contribution in [3.8, 4) is 0 Å². The number of unbranched alkanes of at least 4 members (excludes halogenated alkanes) is 8. The van der Waals surface area contributed by atoms with E-state index in [1.54, 1.807) is 0 Å². The topological polar surface area (TPSA) is 71.1 Å². The molecule has 0 fully saturated rings. The summed E-state index contributed by atoms with van der Waals surface area (Å²) in [4.78, 5) is 0. The molecule has 0 amide bonds. The molecule has 0 aromatic heterocycles. The zero-order valence-electron chi connectivity index (χ0n) is 28.2. The Kier molecular flexibility index (Phi) is 39.8. The van der Waals surface area contributed by atoms with Gasteiger partial charge in [0.1, 0.15) is 0 Å². The molecule has 41 heavy (non-hydrogen) atoms. The molecular weight excluding hydrogens is 601 g/mol. The van der Waals surface area contributed by atoms with Gasteiger partial charge in [0.25, 0.3) is 0 Å². The van der Waals surface area contributed by atoms with Crippen molar-refractivity contribution in [3.63, 3.8) is 0 Å². The molecule has 253 valence electrons. The molecule has 0 saturated carbocycles. The second-order valence-corrected chi connectivity index (χ2v) is 13.6. The zero-order valence-corrected chi connectivity index (χ0v) is 31.3. The van der Waals surface area contributed by atoms with E-state index in [1.165, 1.54) is 64.2 Å². The summed E-state index contributed by atoms with van der Waals surface area (Å²) in [5.41, 5.74) is 0. The van der Waals surface area contributed by atoms with Gasteiger partial charge in [-0.05, 0) is 51.4 Å². The van der Waals surface area contributed by atoms with Crippen molar-refractivity contribution in [3.05, 3.63) is 0 Å². The second kappa shape index (κ2) is 35.3. The molecule has 0 bridgehead atoms. The minimum Gasteiger partial charge on any atom is -0.310 e. The van der Waals surface area contributed by atoms with Crippen LogP contribution in [0, 0.1) is 11.8 Å². The summed E-state index contributed by atoms with van der Waals surface area (Å²) in [6.07, 6.45) is 21.2. The summed E-state index contributed by atoms with van der Waals surface area (Å²) in [5.74, 6) is 1.04. The first-order valence-corrected chi connectivity index (χ1v) is 19.4. The molecule has 0 aliphatic rings. The molecule has 0 saturated heterocycles. The molecule has 0 spiro atoms. The van der Waals surface area contributed by atoms with Gasteiger partial charge in [-0.25, -0.2) is 0 Å². The van der Waals surface area contributed by atoms with Gasteiger partial charge in [0.15, 0.2) is 0 Å². The number of rotatable bonds is 28. The van der Waals surface area contributed by atoms with E-state index in [0.29, 0.717) is 25.0 Å². The summed E-state index contributed by atoms with van der Waals surface area (Å²) >= 11 is 0. The van der Waals surface area contributed by atoms with Crippen LogP contribution in [0.1, 0.15) is 171 Å². The van der Waals surface area contributed by atoms with Gasteiger partial charge >= 0.3 is 16.5 Å². The molecule has 0 aliphatic heterocycles. The van der Waals surface area contributed by atoms with Crippen molar-refractivity contribution < 1.29 is 44.0 Å². The van der Waals surface area contributed by atoms with Crippen LogP contribution in [0.5, 0.6) is 0 Å². The predicted molar refractivity (Wildman–Crippen MR) is 175 cm³/mol. The maximum absolute atomic E-state index is 11.8. The van der Waals surface area contributed by atoms with Crippen LogP contribution in [0.4, 0.5) is 0 Å². The van der Waals surface area contributed by atoms with Crippen LogP contribution in [0.25, 0.3) is 0 Å². The molecule has 6 unspecified atom stereocenters. The van der Waals surface area contributed by atoms with E-state index in [9.17, 15) is 9.13 Å². The third kappa shape index (κ3) is 33.5. The van der Waals surface area contributed by atoms with Crippen molar-refractivity contribution in [1.29, 1.82) is 0 Å². The smallest absolute Gasteiger partial charge is 0.310 e. The SMILES string of the molecule is CCCCCCC(C)O[PH](=O)OCC(CC)CCCC.CCCCCCC(C)O[PH](=O)OCC(CC)CCCC.[Co]. The van der Waals surface area contributed by atoms with Gasteiger partial charge in [0.2, 0.25) is 0 Å². The molecule has 0 rings (SSSR count). The first-order chi connectivity index (χ1) is 19.3. The van der Waals surface area contributed by atoms with E-state index in [0.717, 1.165) is 51.4 Å². The molecule has 0 aromatic rings. The van der Waals surface area contributed by atoms with Crippen LogP contribution in [-0.4, -0.2) is 25.4 Å². The Balaban J connectivity index is -0.000000688. The molecule has 0 aromatic carbocycles. The third-order valence-corrected chi connectivity index (χ3v) is 9.48. The van der Waals surface area contributed by atoms with Gasteiger partial charge in [0, 0.05) is 16.8 Å². The maximum Gasteiger partial charge on any atom is 0.319 e. The Hall–Kier alpha value is 0.806. The van der Waals surface area contributed by atoms with Gasteiger partial charge in [-0.15, -0.1) is 0 Å². The fraction of sp³-hybridized carbons (Fsp3) is 1.00. The molecule has 9 heteroatoms. The summed E-state index contributed by atoms with van der Waals surface area (Å²) in [6.45, 7) is 18.3. The molecular formula is C32H70CoO6P2. The molecule has 6 nitrogen and oxygen atoms in total. The third-order valence-electron chi connectivity index (χ3n) is 7.48. The van der Waals surface area contributed by atoms with E-state index in [4.69, 9.17) is 18.1 Å². The van der Waals surface area contributed by atoms with E-state index >= 15 is 0 Å². The molecule has 0 N–H and O–H groups in total. The summed E-state index contributed by atoms with van der Waals surface area (Å²) in [6, 6.07) is 0. The van der Waals surface area contributed by atoms with Gasteiger partial charge in [-0.3, -0.25) is 9.13 Å². The Morgan fingerprint density at radius 1 is 0.488 bits per heavy atom. The Labute approximate surface area is 268 Å². The minimum atomic E-state index is -2.31. The van der Waals surface area contributed by atoms with Crippen LogP contribution in [0.3, 0.4) is 0 Å². The van der Waals surface area contributed by atoms with Crippen molar-refractivity contribution in [1.82, 2.24) is 0 Å². The van der Waals surface area contributed by atoms with Gasteiger partial charge in [-0.1, -0.05) is 131 Å². The molecule has 0 heterocycles. The van der Waals surface area contributed by atoms with Crippen molar-refractivity contribution in [2.45, 2.75) is 183 Å². The Morgan fingerprint density at radius 2 is 0.829 bits per heavy atom. The fourth-order valence-electron chi connectivity index (χ4n) is 4.40. The Bertz CT molecular complexity index is 522. The predicted octanol–water partition coefficient (Wildman–Crippen LogP) is 12.0. The number of hydrogen-bond acceptors (Lipinski definition) is 6. The van der Waals surface area contributed by atoms with Gasteiger partial charge < -0.3 is 18.1 Å². The number of hydrogen-bond donors (Lipinski definition) is 0. The van der Waals surface area contributed by atoms with E-state index in [-0.39, 0.29) is 29.0 Å². The molecule has 0 aliphatic carbocycles. The normalized spacial score (nSPS) is 15.6. The Morgan fingerprint density at radius 3 is 1.12 bits per heavy atom. The minimum absolute atomic E-state index is 0. The fourth-order valence-corrected chi connectivity index (χ4v) is 6.17. The van der Waals surface area contributed by atoms with E-state index in [1.807, 2.05) is 13.8 Å². The van der Waals surface area contributed by atoms with Gasteiger partial charge in [-0.2, -0.15) is 0 Å². The van der Waals surface area contributed by atoms with E-state index < -0.39 is 16.5 Å². The van der Waals surface area contributed by atoms with Gasteiger partial charge in [0.05, 0.1) is 25.4 Å². The summed E-state index contributed by atoms with van der Waals surface area (Å²) < 4.78 is 45.3. The van der Waals surface area contributed by atoms with Crippen LogP contribution in [-0.2, 0) is 44.0 Å². The first kappa shape index (κ1) is 46.2. The van der Waals surface area contributed by atoms with Crippen molar-refractivity contribution in [2.75, 3.05) is 13.2 Å².